The van der Waals surface area contributed by atoms with E-state index in [0.717, 1.165) is 0 Å². The molecule has 2 saturated heterocycles. The minimum absolute atomic E-state index is 0.0175. The number of carbonyl (C=O) groups excluding carboxylic acids is 3. The van der Waals surface area contributed by atoms with Crippen molar-refractivity contribution in [1.82, 2.24) is 14.7 Å². The van der Waals surface area contributed by atoms with Gasteiger partial charge in [0.15, 0.2) is 11.6 Å². The van der Waals surface area contributed by atoms with Crippen LogP contribution in [0.5, 0.6) is 11.5 Å². The summed E-state index contributed by atoms with van der Waals surface area (Å²) in [5, 5.41) is 30.9. The number of benzene rings is 3. The summed E-state index contributed by atoms with van der Waals surface area (Å²) in [6, 6.07) is 15.4. The number of likely N-dealkylation sites (tertiary alicyclic amines) is 1. The van der Waals surface area contributed by atoms with E-state index < -0.39 is 36.2 Å². The van der Waals surface area contributed by atoms with Gasteiger partial charge in [0.05, 0.1) is 6.61 Å². The van der Waals surface area contributed by atoms with E-state index in [1.807, 2.05) is 7.05 Å². The van der Waals surface area contributed by atoms with Crippen molar-refractivity contribution in [3.63, 3.8) is 0 Å². The number of nitrogens with zero attached hydrogens (tertiary/aromatic N) is 3. The number of rotatable bonds is 8. The van der Waals surface area contributed by atoms with E-state index >= 15 is 4.39 Å². The number of likely N-dealkylation sites (N-methyl/N-ethyl adjacent to an activating group) is 1. The molecule has 10 heteroatoms. The van der Waals surface area contributed by atoms with E-state index in [-0.39, 0.29) is 53.2 Å². The molecule has 3 unspecified atom stereocenters. The monoisotopic (exact) mass is 603 g/mol. The molecule has 0 spiro atoms. The first-order chi connectivity index (χ1) is 21.1. The molecular weight excluding hydrogens is 565 g/mol. The van der Waals surface area contributed by atoms with E-state index in [0.29, 0.717) is 37.3 Å². The Balaban J connectivity index is 1.63. The Hall–Kier alpha value is -4.12. The summed E-state index contributed by atoms with van der Waals surface area (Å²) in [6.45, 7) is 3.46. The summed E-state index contributed by atoms with van der Waals surface area (Å²) < 4.78 is 15.0. The average Bonchev–Trinajstić information content (AvgIpc) is 3.02. The third-order valence-electron chi connectivity index (χ3n) is 9.05. The van der Waals surface area contributed by atoms with Gasteiger partial charge in [-0.2, -0.15) is 0 Å². The first-order valence-corrected chi connectivity index (χ1v) is 14.8. The minimum atomic E-state index is -1.01. The number of phenolic OH excluding ortho intramolecular Hbond substituents is 2. The maximum absolute atomic E-state index is 15.0. The van der Waals surface area contributed by atoms with Crippen molar-refractivity contribution in [2.75, 3.05) is 52.9 Å². The first-order valence-electron chi connectivity index (χ1n) is 14.8. The largest absolute Gasteiger partial charge is 0.508 e. The van der Waals surface area contributed by atoms with Crippen LogP contribution in [0.2, 0.25) is 0 Å². The van der Waals surface area contributed by atoms with Crippen LogP contribution >= 0.6 is 0 Å². The number of piperazine rings is 1. The Morgan fingerprint density at radius 1 is 0.841 bits per heavy atom. The van der Waals surface area contributed by atoms with Crippen LogP contribution in [0.1, 0.15) is 37.8 Å². The lowest BCUT2D eigenvalue weighted by Gasteiger charge is -2.46. The molecule has 2 aliphatic heterocycles. The molecule has 0 radical (unpaired) electrons. The van der Waals surface area contributed by atoms with E-state index in [2.05, 4.69) is 4.90 Å². The van der Waals surface area contributed by atoms with E-state index in [4.69, 9.17) is 0 Å². The highest BCUT2D eigenvalue weighted by Crippen LogP contribution is 2.43. The molecule has 232 valence electrons. The van der Waals surface area contributed by atoms with Gasteiger partial charge >= 0.3 is 0 Å². The third-order valence-corrected chi connectivity index (χ3v) is 9.05. The molecule has 2 heterocycles. The fourth-order valence-electron chi connectivity index (χ4n) is 6.59. The van der Waals surface area contributed by atoms with Gasteiger partial charge in [0, 0.05) is 68.1 Å². The quantitative estimate of drug-likeness (QED) is 0.336. The van der Waals surface area contributed by atoms with Gasteiger partial charge in [-0.15, -0.1) is 0 Å². The second-order valence-corrected chi connectivity index (χ2v) is 11.8. The zero-order valence-electron chi connectivity index (χ0n) is 24.9. The number of amides is 1. The minimum Gasteiger partial charge on any atom is -0.508 e. The number of phenols is 2. The zero-order valence-corrected chi connectivity index (χ0v) is 24.9. The van der Waals surface area contributed by atoms with Gasteiger partial charge in [0.1, 0.15) is 23.4 Å². The average molecular weight is 604 g/mol. The second kappa shape index (κ2) is 13.3. The van der Waals surface area contributed by atoms with E-state index in [9.17, 15) is 29.7 Å². The normalized spacial score (nSPS) is 22.0. The summed E-state index contributed by atoms with van der Waals surface area (Å²) in [6.07, 6.45) is 0. The number of aromatic hydroxyl groups is 2. The van der Waals surface area contributed by atoms with Crippen LogP contribution in [0.3, 0.4) is 0 Å². The van der Waals surface area contributed by atoms with Crippen molar-refractivity contribution < 1.29 is 34.1 Å². The third kappa shape index (κ3) is 6.38. The summed E-state index contributed by atoms with van der Waals surface area (Å²) in [5.41, 5.74) is 1.23. The summed E-state index contributed by atoms with van der Waals surface area (Å²) >= 11 is 0. The number of ketones is 2. The van der Waals surface area contributed by atoms with E-state index in [1.54, 1.807) is 53.1 Å². The van der Waals surface area contributed by atoms with Gasteiger partial charge in [-0.3, -0.25) is 19.3 Å². The lowest BCUT2D eigenvalue weighted by atomic mass is 9.67. The highest BCUT2D eigenvalue weighted by molar-refractivity contribution is 6.02. The van der Waals surface area contributed by atoms with Crippen molar-refractivity contribution in [2.45, 2.75) is 18.9 Å². The second-order valence-electron chi connectivity index (χ2n) is 11.8. The highest BCUT2D eigenvalue weighted by Gasteiger charge is 2.48. The van der Waals surface area contributed by atoms with Crippen LogP contribution in [-0.2, 0) is 4.79 Å². The lowest BCUT2D eigenvalue weighted by Crippen LogP contribution is -2.60. The van der Waals surface area contributed by atoms with Crippen LogP contribution in [-0.4, -0.2) is 106 Å². The summed E-state index contributed by atoms with van der Waals surface area (Å²) in [5.74, 6) is -4.40. The van der Waals surface area contributed by atoms with Crippen LogP contribution in [0.25, 0.3) is 0 Å². The Labute approximate surface area is 256 Å². The molecule has 5 rings (SSSR count). The molecule has 2 aliphatic rings. The topological polar surface area (TPSA) is 122 Å². The lowest BCUT2D eigenvalue weighted by molar-refractivity contribution is -0.141. The molecule has 3 atom stereocenters. The Morgan fingerprint density at radius 3 is 1.86 bits per heavy atom. The number of halogens is 1. The molecule has 3 N–H and O–H groups in total. The van der Waals surface area contributed by atoms with Crippen LogP contribution in [0, 0.1) is 24.6 Å². The van der Waals surface area contributed by atoms with Crippen molar-refractivity contribution in [3.8, 4) is 11.5 Å². The predicted octanol–water partition coefficient (Wildman–Crippen LogP) is 3.08. The van der Waals surface area contributed by atoms with Gasteiger partial charge in [0.2, 0.25) is 5.91 Å². The van der Waals surface area contributed by atoms with Crippen LogP contribution in [0.4, 0.5) is 4.39 Å². The zero-order chi connectivity index (χ0) is 31.5. The number of piperidine rings is 1. The Kier molecular flexibility index (Phi) is 9.43. The Morgan fingerprint density at radius 2 is 1.36 bits per heavy atom. The molecule has 0 aromatic heterocycles. The molecule has 0 aliphatic carbocycles. The van der Waals surface area contributed by atoms with Crippen LogP contribution in [0.15, 0.2) is 66.7 Å². The number of aliphatic hydroxyl groups excluding tert-OH is 1. The molecular formula is C34H38FN3O6. The first kappa shape index (κ1) is 31.3. The predicted molar refractivity (Wildman–Crippen MR) is 162 cm³/mol. The fourth-order valence-corrected chi connectivity index (χ4v) is 6.59. The van der Waals surface area contributed by atoms with Gasteiger partial charge in [-0.25, -0.2) is 4.39 Å². The molecule has 44 heavy (non-hydrogen) atoms. The number of Topliss-reactive ketones (excluding diaryl/α,β-unsaturated/α-hetero) is 2. The maximum Gasteiger partial charge on any atom is 0.242 e. The maximum atomic E-state index is 15.0. The van der Waals surface area contributed by atoms with Gasteiger partial charge in [0.25, 0.3) is 0 Å². The van der Waals surface area contributed by atoms with Gasteiger partial charge < -0.3 is 25.1 Å². The van der Waals surface area contributed by atoms with Gasteiger partial charge in [-0.1, -0.05) is 36.4 Å². The molecule has 0 bridgehead atoms. The number of carbonyl (C=O) groups is 3. The number of hydrogen-bond donors (Lipinski definition) is 3. The van der Waals surface area contributed by atoms with Crippen molar-refractivity contribution in [2.24, 2.45) is 11.8 Å². The summed E-state index contributed by atoms with van der Waals surface area (Å²) in [7, 11) is 1.97. The highest BCUT2D eigenvalue weighted by atomic mass is 19.1. The molecule has 0 saturated carbocycles. The SMILES string of the molecule is Cc1c(F)cccc1C1C(C(=O)c2cccc(O)c2)CN(C(CO)C(=O)N2CCN(C)CC2)CC1C(=O)c1cccc(O)c1. The fraction of sp³-hybridized carbons (Fsp3) is 0.382. The Bertz CT molecular complexity index is 1470. The van der Waals surface area contributed by atoms with Crippen LogP contribution < -0.4 is 0 Å². The van der Waals surface area contributed by atoms with Crippen molar-refractivity contribution in [3.05, 3.63) is 94.8 Å². The molecule has 3 aromatic carbocycles. The van der Waals surface area contributed by atoms with E-state index in [1.165, 1.54) is 30.3 Å². The number of aliphatic hydroxyl groups is 1. The number of hydrogen-bond acceptors (Lipinski definition) is 8. The molecule has 2 fully saturated rings. The molecule has 9 nitrogen and oxygen atoms in total. The molecule has 1 amide bonds. The molecule has 3 aromatic rings. The van der Waals surface area contributed by atoms with Crippen molar-refractivity contribution >= 4 is 17.5 Å². The van der Waals surface area contributed by atoms with Gasteiger partial charge in [-0.05, 0) is 55.4 Å². The smallest absolute Gasteiger partial charge is 0.242 e. The standard InChI is InChI=1S/C34H38FN3O6/c1-21-26(10-5-11-29(21)35)31-27(32(42)22-6-3-8-24(40)16-22)18-38(19-28(31)33(43)23-7-4-9-25(41)17-23)30(20-39)34(44)37-14-12-36(2)13-15-37/h3-11,16-17,27-28,30-31,39-41H,12-15,18-20H2,1-2H3. The van der Waals surface area contributed by atoms with Crippen molar-refractivity contribution in [1.29, 1.82) is 0 Å². The summed E-state index contributed by atoms with van der Waals surface area (Å²) in [4.78, 5) is 47.9.